The number of amides is 1. The van der Waals surface area contributed by atoms with E-state index in [1.54, 1.807) is 13.0 Å². The summed E-state index contributed by atoms with van der Waals surface area (Å²) in [6.07, 6.45) is -0.0696. The minimum Gasteiger partial charge on any atom is -0.478 e. The molecule has 8 heteroatoms. The highest BCUT2D eigenvalue weighted by molar-refractivity contribution is 7.86. The molecule has 1 aromatic rings. The summed E-state index contributed by atoms with van der Waals surface area (Å²) in [5.74, 6) is -2.77. The Labute approximate surface area is 121 Å². The second kappa shape index (κ2) is 5.44. The van der Waals surface area contributed by atoms with Gasteiger partial charge in [-0.3, -0.25) is 4.79 Å². The molecule has 0 aromatic heterocycles. The van der Waals surface area contributed by atoms with Gasteiger partial charge in [0.2, 0.25) is 5.91 Å². The van der Waals surface area contributed by atoms with E-state index in [1.807, 2.05) is 0 Å². The van der Waals surface area contributed by atoms with E-state index in [0.29, 0.717) is 11.3 Å². The highest BCUT2D eigenvalue weighted by Crippen LogP contribution is 2.30. The lowest BCUT2D eigenvalue weighted by Crippen LogP contribution is -2.26. The Morgan fingerprint density at radius 2 is 2.14 bits per heavy atom. The van der Waals surface area contributed by atoms with E-state index in [9.17, 15) is 21.9 Å². The number of aromatic carboxylic acids is 1. The number of carboxylic acid groups (broad SMARTS) is 1. The maximum atomic E-state index is 12.7. The molecule has 1 aromatic carbocycles. The molecular weight excluding hydrogens is 301 g/mol. The fourth-order valence-electron chi connectivity index (χ4n) is 2.56. The molecule has 0 saturated carbocycles. The van der Waals surface area contributed by atoms with Gasteiger partial charge in [-0.15, -0.1) is 3.89 Å². The molecule has 2 rings (SSSR count). The van der Waals surface area contributed by atoms with Crippen molar-refractivity contribution in [3.63, 3.8) is 0 Å². The van der Waals surface area contributed by atoms with Crippen LogP contribution >= 0.6 is 0 Å². The van der Waals surface area contributed by atoms with Gasteiger partial charge in [0.25, 0.3) is 0 Å². The van der Waals surface area contributed by atoms with Gasteiger partial charge in [-0.05, 0) is 24.6 Å². The van der Waals surface area contributed by atoms with Gasteiger partial charge in [0.05, 0.1) is 11.3 Å². The summed E-state index contributed by atoms with van der Waals surface area (Å²) in [6.45, 7) is 1.64. The van der Waals surface area contributed by atoms with E-state index >= 15 is 0 Å². The lowest BCUT2D eigenvalue weighted by atomic mass is 10.1. The van der Waals surface area contributed by atoms with Gasteiger partial charge < -0.3 is 10.0 Å². The molecular formula is C13H14FNO5S. The van der Waals surface area contributed by atoms with Crippen LogP contribution in [-0.4, -0.2) is 37.7 Å². The first kappa shape index (κ1) is 15.4. The van der Waals surface area contributed by atoms with E-state index in [4.69, 9.17) is 5.11 Å². The highest BCUT2D eigenvalue weighted by atomic mass is 32.3. The molecule has 114 valence electrons. The molecule has 21 heavy (non-hydrogen) atoms. The third-order valence-electron chi connectivity index (χ3n) is 3.47. The smallest absolute Gasteiger partial charge is 0.336 e. The number of nitrogens with zero attached hydrogens (tertiary/aromatic N) is 1. The van der Waals surface area contributed by atoms with Crippen LogP contribution in [0.3, 0.4) is 0 Å². The van der Waals surface area contributed by atoms with Crippen LogP contribution in [0.5, 0.6) is 0 Å². The average Bonchev–Trinajstić information content (AvgIpc) is 2.67. The molecule has 0 aliphatic carbocycles. The van der Waals surface area contributed by atoms with Gasteiger partial charge in [0.15, 0.2) is 0 Å². The molecule has 1 aliphatic rings. The van der Waals surface area contributed by atoms with Gasteiger partial charge in [-0.2, -0.15) is 8.42 Å². The van der Waals surface area contributed by atoms with Crippen molar-refractivity contribution in [2.45, 2.75) is 13.3 Å². The molecule has 0 radical (unpaired) electrons. The molecule has 0 spiro atoms. The molecule has 1 atom stereocenters. The molecule has 1 heterocycles. The summed E-state index contributed by atoms with van der Waals surface area (Å²) < 4.78 is 34.1. The normalized spacial score (nSPS) is 19.0. The zero-order valence-electron chi connectivity index (χ0n) is 11.2. The van der Waals surface area contributed by atoms with Gasteiger partial charge >= 0.3 is 16.2 Å². The van der Waals surface area contributed by atoms with Crippen LogP contribution in [0.25, 0.3) is 0 Å². The number of hydrogen-bond acceptors (Lipinski definition) is 4. The third-order valence-corrected chi connectivity index (χ3v) is 4.34. The van der Waals surface area contributed by atoms with Crippen molar-refractivity contribution in [1.82, 2.24) is 0 Å². The monoisotopic (exact) mass is 315 g/mol. The Kier molecular flexibility index (Phi) is 3.99. The summed E-state index contributed by atoms with van der Waals surface area (Å²) >= 11 is 0. The van der Waals surface area contributed by atoms with Crippen LogP contribution in [0, 0.1) is 12.8 Å². The zero-order chi connectivity index (χ0) is 15.8. The van der Waals surface area contributed by atoms with E-state index in [0.717, 1.165) is 0 Å². The second-order valence-electron chi connectivity index (χ2n) is 5.03. The van der Waals surface area contributed by atoms with Crippen molar-refractivity contribution in [3.05, 3.63) is 29.3 Å². The van der Waals surface area contributed by atoms with Crippen molar-refractivity contribution in [2.24, 2.45) is 5.92 Å². The summed E-state index contributed by atoms with van der Waals surface area (Å²) in [5, 5.41) is 9.07. The Morgan fingerprint density at radius 1 is 1.48 bits per heavy atom. The summed E-state index contributed by atoms with van der Waals surface area (Å²) in [4.78, 5) is 24.4. The highest BCUT2D eigenvalue weighted by Gasteiger charge is 2.34. The number of carboxylic acids is 1. The Hall–Kier alpha value is -1.96. The standard InChI is InChI=1S/C13H14FNO5S/c1-8-10(13(17)18)3-2-4-11(8)15-6-9(5-12(15)16)7-21(14,19)20/h2-4,9H,5-7H2,1H3,(H,17,18). The molecule has 1 aliphatic heterocycles. The second-order valence-corrected chi connectivity index (χ2v) is 6.45. The van der Waals surface area contributed by atoms with Crippen LogP contribution in [0.2, 0.25) is 0 Å². The van der Waals surface area contributed by atoms with Crippen molar-refractivity contribution in [2.75, 3.05) is 17.2 Å². The molecule has 0 bridgehead atoms. The topological polar surface area (TPSA) is 91.8 Å². The number of rotatable bonds is 4. The molecule has 1 fully saturated rings. The van der Waals surface area contributed by atoms with Crippen molar-refractivity contribution in [1.29, 1.82) is 0 Å². The number of carbonyl (C=O) groups excluding carboxylic acids is 1. The predicted octanol–water partition coefficient (Wildman–Crippen LogP) is 1.35. The van der Waals surface area contributed by atoms with Crippen molar-refractivity contribution >= 4 is 27.8 Å². The van der Waals surface area contributed by atoms with E-state index in [-0.39, 0.29) is 24.4 Å². The summed E-state index contributed by atoms with van der Waals surface area (Å²) in [6, 6.07) is 4.52. The molecule has 1 saturated heterocycles. The number of hydrogen-bond donors (Lipinski definition) is 1. The van der Waals surface area contributed by atoms with Gasteiger partial charge in [-0.25, -0.2) is 4.79 Å². The van der Waals surface area contributed by atoms with E-state index < -0.39 is 27.9 Å². The quantitative estimate of drug-likeness (QED) is 0.847. The minimum atomic E-state index is -4.64. The first-order valence-corrected chi connectivity index (χ1v) is 7.80. The van der Waals surface area contributed by atoms with Gasteiger partial charge in [0, 0.05) is 24.6 Å². The Morgan fingerprint density at radius 3 is 2.71 bits per heavy atom. The van der Waals surface area contributed by atoms with Crippen LogP contribution in [0.1, 0.15) is 22.3 Å². The summed E-state index contributed by atoms with van der Waals surface area (Å²) in [7, 11) is -4.64. The first-order chi connectivity index (χ1) is 9.69. The average molecular weight is 315 g/mol. The number of benzene rings is 1. The fraction of sp³-hybridized carbons (Fsp3) is 0.385. The molecule has 1 amide bonds. The third kappa shape index (κ3) is 3.38. The lowest BCUT2D eigenvalue weighted by molar-refractivity contribution is -0.117. The number of halogens is 1. The Balaban J connectivity index is 2.29. The zero-order valence-corrected chi connectivity index (χ0v) is 12.1. The van der Waals surface area contributed by atoms with Crippen molar-refractivity contribution < 1.29 is 27.0 Å². The number of anilines is 1. The van der Waals surface area contributed by atoms with Gasteiger partial charge in [0.1, 0.15) is 0 Å². The molecule has 1 unspecified atom stereocenters. The maximum Gasteiger partial charge on any atom is 0.336 e. The fourth-order valence-corrected chi connectivity index (χ4v) is 3.34. The van der Waals surface area contributed by atoms with Gasteiger partial charge in [-0.1, -0.05) is 6.07 Å². The minimum absolute atomic E-state index is 0.0614. The van der Waals surface area contributed by atoms with Crippen LogP contribution < -0.4 is 4.90 Å². The largest absolute Gasteiger partial charge is 0.478 e. The van der Waals surface area contributed by atoms with Crippen LogP contribution in [-0.2, 0) is 15.0 Å². The van der Waals surface area contributed by atoms with Crippen LogP contribution in [0.4, 0.5) is 9.57 Å². The molecule has 6 nitrogen and oxygen atoms in total. The predicted molar refractivity (Wildman–Crippen MR) is 73.5 cm³/mol. The van der Waals surface area contributed by atoms with Crippen LogP contribution in [0.15, 0.2) is 18.2 Å². The van der Waals surface area contributed by atoms with E-state index in [2.05, 4.69) is 0 Å². The summed E-state index contributed by atoms with van der Waals surface area (Å²) in [5.41, 5.74) is 0.905. The van der Waals surface area contributed by atoms with E-state index in [1.165, 1.54) is 17.0 Å². The molecule has 1 N–H and O–H groups in total. The lowest BCUT2D eigenvalue weighted by Gasteiger charge is -2.20. The van der Waals surface area contributed by atoms with Crippen molar-refractivity contribution in [3.8, 4) is 0 Å². The first-order valence-electron chi connectivity index (χ1n) is 6.24. The SMILES string of the molecule is Cc1c(C(=O)O)cccc1N1CC(CS(=O)(=O)F)CC1=O. The Bertz CT molecular complexity index is 701. The maximum absolute atomic E-state index is 12.7. The number of carbonyl (C=O) groups is 2.